The van der Waals surface area contributed by atoms with E-state index in [1.807, 2.05) is 32.0 Å². The number of benzene rings is 1. The van der Waals surface area contributed by atoms with Crippen LogP contribution in [0, 0.1) is 19.8 Å². The van der Waals surface area contributed by atoms with Gasteiger partial charge in [0, 0.05) is 11.6 Å². The predicted octanol–water partition coefficient (Wildman–Crippen LogP) is 1.44. The van der Waals surface area contributed by atoms with Crippen molar-refractivity contribution in [1.82, 2.24) is 4.90 Å². The maximum absolute atomic E-state index is 12.1. The first-order valence-corrected chi connectivity index (χ1v) is 7.35. The number of carbonyl (C=O) groups excluding carboxylic acids is 2. The zero-order chi connectivity index (χ0) is 15.4. The summed E-state index contributed by atoms with van der Waals surface area (Å²) in [6.07, 6.45) is 1.48. The minimum Gasteiger partial charge on any atom is -0.369 e. The summed E-state index contributed by atoms with van der Waals surface area (Å²) >= 11 is 0. The van der Waals surface area contributed by atoms with Gasteiger partial charge in [0.1, 0.15) is 0 Å². The Morgan fingerprint density at radius 2 is 1.95 bits per heavy atom. The molecule has 5 heteroatoms. The van der Waals surface area contributed by atoms with Crippen molar-refractivity contribution in [3.05, 3.63) is 29.3 Å². The molecule has 0 bridgehead atoms. The molecule has 0 atom stereocenters. The lowest BCUT2D eigenvalue weighted by Crippen LogP contribution is -2.42. The Balaban J connectivity index is 1.86. The Morgan fingerprint density at radius 3 is 2.57 bits per heavy atom. The molecule has 1 aromatic carbocycles. The van der Waals surface area contributed by atoms with Gasteiger partial charge in [0.25, 0.3) is 0 Å². The molecule has 1 heterocycles. The monoisotopic (exact) mass is 289 g/mol. The fourth-order valence-corrected chi connectivity index (χ4v) is 2.65. The molecule has 1 saturated heterocycles. The summed E-state index contributed by atoms with van der Waals surface area (Å²) in [6, 6.07) is 5.88. The lowest BCUT2D eigenvalue weighted by atomic mass is 9.96. The standard InChI is InChI=1S/C16H23N3O2/c1-11-4-3-5-14(12(11)2)18-15(20)10-19-8-6-13(7-9-19)16(17)21/h3-5,13H,6-10H2,1-2H3,(H2,17,21)(H,18,20). The number of piperidine rings is 1. The van der Waals surface area contributed by atoms with E-state index in [2.05, 4.69) is 10.2 Å². The van der Waals surface area contributed by atoms with Gasteiger partial charge in [0.15, 0.2) is 0 Å². The number of amides is 2. The van der Waals surface area contributed by atoms with Crippen molar-refractivity contribution >= 4 is 17.5 Å². The molecule has 0 saturated carbocycles. The summed E-state index contributed by atoms with van der Waals surface area (Å²) in [6.45, 7) is 5.88. The number of nitrogens with zero attached hydrogens (tertiary/aromatic N) is 1. The van der Waals surface area contributed by atoms with Crippen molar-refractivity contribution in [2.45, 2.75) is 26.7 Å². The fraction of sp³-hybridized carbons (Fsp3) is 0.500. The zero-order valence-corrected chi connectivity index (χ0v) is 12.7. The number of anilines is 1. The van der Waals surface area contributed by atoms with Gasteiger partial charge in [-0.1, -0.05) is 12.1 Å². The first-order chi connectivity index (χ1) is 9.97. The van der Waals surface area contributed by atoms with Crippen molar-refractivity contribution in [3.63, 3.8) is 0 Å². The minimum absolute atomic E-state index is 0.0128. The third-order valence-electron chi connectivity index (χ3n) is 4.24. The van der Waals surface area contributed by atoms with Crippen LogP contribution in [0.1, 0.15) is 24.0 Å². The van der Waals surface area contributed by atoms with Gasteiger partial charge < -0.3 is 11.1 Å². The van der Waals surface area contributed by atoms with Gasteiger partial charge in [0.05, 0.1) is 6.54 Å². The van der Waals surface area contributed by atoms with E-state index in [9.17, 15) is 9.59 Å². The van der Waals surface area contributed by atoms with Crippen LogP contribution < -0.4 is 11.1 Å². The molecule has 1 aliphatic heterocycles. The van der Waals surface area contributed by atoms with Crippen LogP contribution in [0.3, 0.4) is 0 Å². The van der Waals surface area contributed by atoms with E-state index in [0.717, 1.165) is 42.7 Å². The SMILES string of the molecule is Cc1cccc(NC(=O)CN2CCC(C(N)=O)CC2)c1C. The predicted molar refractivity (Wildman–Crippen MR) is 82.9 cm³/mol. The Kier molecular flexibility index (Phi) is 4.96. The van der Waals surface area contributed by atoms with Crippen molar-refractivity contribution in [1.29, 1.82) is 0 Å². The van der Waals surface area contributed by atoms with Crippen LogP contribution in [-0.2, 0) is 9.59 Å². The quantitative estimate of drug-likeness (QED) is 0.880. The third kappa shape index (κ3) is 4.04. The lowest BCUT2D eigenvalue weighted by molar-refractivity contribution is -0.123. The van der Waals surface area contributed by atoms with Gasteiger partial charge in [-0.05, 0) is 57.0 Å². The maximum Gasteiger partial charge on any atom is 0.238 e. The second-order valence-electron chi connectivity index (χ2n) is 5.75. The number of rotatable bonds is 4. The van der Waals surface area contributed by atoms with Gasteiger partial charge >= 0.3 is 0 Å². The number of hydrogen-bond acceptors (Lipinski definition) is 3. The Hall–Kier alpha value is -1.88. The number of hydrogen-bond donors (Lipinski definition) is 2. The van der Waals surface area contributed by atoms with Gasteiger partial charge in [-0.2, -0.15) is 0 Å². The molecule has 5 nitrogen and oxygen atoms in total. The van der Waals surface area contributed by atoms with Crippen LogP contribution in [0.4, 0.5) is 5.69 Å². The normalized spacial score (nSPS) is 16.7. The molecule has 114 valence electrons. The highest BCUT2D eigenvalue weighted by Crippen LogP contribution is 2.19. The lowest BCUT2D eigenvalue weighted by Gasteiger charge is -2.29. The van der Waals surface area contributed by atoms with Crippen LogP contribution in [0.15, 0.2) is 18.2 Å². The summed E-state index contributed by atoms with van der Waals surface area (Å²) in [4.78, 5) is 25.3. The van der Waals surface area contributed by atoms with E-state index in [4.69, 9.17) is 5.73 Å². The van der Waals surface area contributed by atoms with Crippen LogP contribution in [0.25, 0.3) is 0 Å². The molecule has 0 aliphatic carbocycles. The Bertz CT molecular complexity index is 534. The molecule has 2 amide bonds. The first kappa shape index (κ1) is 15.5. The van der Waals surface area contributed by atoms with Crippen LogP contribution >= 0.6 is 0 Å². The maximum atomic E-state index is 12.1. The topological polar surface area (TPSA) is 75.4 Å². The van der Waals surface area contributed by atoms with E-state index < -0.39 is 0 Å². The smallest absolute Gasteiger partial charge is 0.238 e. The van der Waals surface area contributed by atoms with Crippen LogP contribution in [0.5, 0.6) is 0 Å². The van der Waals surface area contributed by atoms with Crippen molar-refractivity contribution < 1.29 is 9.59 Å². The summed E-state index contributed by atoms with van der Waals surface area (Å²) < 4.78 is 0. The molecule has 21 heavy (non-hydrogen) atoms. The third-order valence-corrected chi connectivity index (χ3v) is 4.24. The molecule has 1 aromatic rings. The molecule has 1 fully saturated rings. The molecular weight excluding hydrogens is 266 g/mol. The van der Waals surface area contributed by atoms with E-state index >= 15 is 0 Å². The van der Waals surface area contributed by atoms with E-state index in [1.165, 1.54) is 0 Å². The van der Waals surface area contributed by atoms with Gasteiger partial charge in [-0.3, -0.25) is 14.5 Å². The molecule has 2 rings (SSSR count). The zero-order valence-electron chi connectivity index (χ0n) is 12.7. The summed E-state index contributed by atoms with van der Waals surface area (Å²) in [5.74, 6) is -0.279. The number of primary amides is 1. The highest BCUT2D eigenvalue weighted by atomic mass is 16.2. The molecule has 0 radical (unpaired) electrons. The summed E-state index contributed by atoms with van der Waals surface area (Å²) in [7, 11) is 0. The van der Waals surface area contributed by atoms with Gasteiger partial charge in [-0.15, -0.1) is 0 Å². The first-order valence-electron chi connectivity index (χ1n) is 7.35. The second kappa shape index (κ2) is 6.72. The number of aryl methyl sites for hydroxylation is 1. The van der Waals surface area contributed by atoms with Crippen LogP contribution in [-0.4, -0.2) is 36.3 Å². The summed E-state index contributed by atoms with van der Waals surface area (Å²) in [5, 5.41) is 2.96. The fourth-order valence-electron chi connectivity index (χ4n) is 2.65. The highest BCUT2D eigenvalue weighted by Gasteiger charge is 2.24. The average Bonchev–Trinajstić information content (AvgIpc) is 2.44. The van der Waals surface area contributed by atoms with E-state index in [0.29, 0.717) is 6.54 Å². The molecular formula is C16H23N3O2. The number of nitrogens with one attached hydrogen (secondary N) is 1. The highest BCUT2D eigenvalue weighted by molar-refractivity contribution is 5.93. The van der Waals surface area contributed by atoms with Crippen LogP contribution in [0.2, 0.25) is 0 Å². The molecule has 0 unspecified atom stereocenters. The molecule has 0 aromatic heterocycles. The molecule has 1 aliphatic rings. The van der Waals surface area contributed by atoms with Crippen molar-refractivity contribution in [3.8, 4) is 0 Å². The Labute approximate surface area is 125 Å². The Morgan fingerprint density at radius 1 is 1.29 bits per heavy atom. The second-order valence-corrected chi connectivity index (χ2v) is 5.75. The van der Waals surface area contributed by atoms with Gasteiger partial charge in [-0.25, -0.2) is 0 Å². The van der Waals surface area contributed by atoms with E-state index in [1.54, 1.807) is 0 Å². The minimum atomic E-state index is -0.227. The number of nitrogens with two attached hydrogens (primary N) is 1. The van der Waals surface area contributed by atoms with Crippen molar-refractivity contribution in [2.24, 2.45) is 11.7 Å². The molecule has 0 spiro atoms. The largest absolute Gasteiger partial charge is 0.369 e. The van der Waals surface area contributed by atoms with E-state index in [-0.39, 0.29) is 17.7 Å². The summed E-state index contributed by atoms with van der Waals surface area (Å²) in [5.41, 5.74) is 8.44. The average molecular weight is 289 g/mol. The molecule has 3 N–H and O–H groups in total. The number of carbonyl (C=O) groups is 2. The van der Waals surface area contributed by atoms with Crippen molar-refractivity contribution in [2.75, 3.05) is 25.0 Å². The van der Waals surface area contributed by atoms with Gasteiger partial charge in [0.2, 0.25) is 11.8 Å². The number of likely N-dealkylation sites (tertiary alicyclic amines) is 1.